The highest BCUT2D eigenvalue weighted by Gasteiger charge is 2.16. The molecule has 0 atom stereocenters. The van der Waals surface area contributed by atoms with Crippen LogP contribution in [0.4, 0.5) is 5.69 Å². The summed E-state index contributed by atoms with van der Waals surface area (Å²) in [6, 6.07) is 9.84. The molecule has 194 valence electrons. The summed E-state index contributed by atoms with van der Waals surface area (Å²) in [5.41, 5.74) is 7.68. The van der Waals surface area contributed by atoms with E-state index in [-0.39, 0.29) is 5.91 Å². The van der Waals surface area contributed by atoms with Crippen molar-refractivity contribution in [2.75, 3.05) is 26.0 Å². The maximum absolute atomic E-state index is 12.2. The van der Waals surface area contributed by atoms with Gasteiger partial charge in [0.05, 0.1) is 46.9 Å². The van der Waals surface area contributed by atoms with Gasteiger partial charge in [-0.3, -0.25) is 24.8 Å². The van der Waals surface area contributed by atoms with Crippen molar-refractivity contribution >= 4 is 40.0 Å². The van der Waals surface area contributed by atoms with Crippen LogP contribution in [-0.4, -0.2) is 61.6 Å². The lowest BCUT2D eigenvalue weighted by atomic mass is 10.1. The van der Waals surface area contributed by atoms with Crippen LogP contribution in [0.5, 0.6) is 0 Å². The zero-order chi connectivity index (χ0) is 26.9. The van der Waals surface area contributed by atoms with E-state index in [0.717, 1.165) is 61.1 Å². The molecule has 39 heavy (non-hydrogen) atoms. The standard InChI is InChI=1S/C29H27N9O/c1-17-28-24(8-7-22(33-17)18-10-19(13-30-12-18)34-27(39)16-38(2)3)36-37-29(28)25-11-20-21(14-31-15-26(20)35-25)23-6-4-5-9-32-23/h4-15,33,35-36H,16H2,1-3H3,(H,34,39). The third-order valence-corrected chi connectivity index (χ3v) is 6.44. The minimum absolute atomic E-state index is 0.0958. The maximum Gasteiger partial charge on any atom is 0.238 e. The summed E-state index contributed by atoms with van der Waals surface area (Å²) in [4.78, 5) is 30.8. The molecule has 6 heterocycles. The summed E-state index contributed by atoms with van der Waals surface area (Å²) in [5, 5.41) is 17.1. The van der Waals surface area contributed by atoms with Crippen molar-refractivity contribution in [3.8, 4) is 22.6 Å². The van der Waals surface area contributed by atoms with Crippen molar-refractivity contribution in [2.45, 2.75) is 6.92 Å². The molecule has 1 aliphatic heterocycles. The van der Waals surface area contributed by atoms with Crippen molar-refractivity contribution in [1.82, 2.24) is 40.3 Å². The van der Waals surface area contributed by atoms with Gasteiger partial charge in [0.2, 0.25) is 5.91 Å². The number of fused-ring (bicyclic) bond motifs is 2. The van der Waals surface area contributed by atoms with Crippen LogP contribution in [-0.2, 0) is 4.79 Å². The number of nitrogens with one attached hydrogen (secondary N) is 4. The lowest BCUT2D eigenvalue weighted by molar-refractivity contribution is -0.116. The Kier molecular flexibility index (Phi) is 6.22. The van der Waals surface area contributed by atoms with Crippen LogP contribution in [0.15, 0.2) is 67.4 Å². The van der Waals surface area contributed by atoms with Gasteiger partial charge in [-0.2, -0.15) is 5.10 Å². The monoisotopic (exact) mass is 517 g/mol. The second kappa shape index (κ2) is 9.99. The maximum atomic E-state index is 12.2. The summed E-state index contributed by atoms with van der Waals surface area (Å²) in [6.07, 6.45) is 12.8. The van der Waals surface area contributed by atoms with E-state index >= 15 is 0 Å². The quantitative estimate of drug-likeness (QED) is 0.272. The number of hydrogen-bond donors (Lipinski definition) is 4. The van der Waals surface area contributed by atoms with Crippen LogP contribution >= 0.6 is 0 Å². The zero-order valence-corrected chi connectivity index (χ0v) is 21.8. The predicted octanol–water partition coefficient (Wildman–Crippen LogP) is 2.46. The molecule has 4 N–H and O–H groups in total. The molecule has 6 rings (SSSR count). The number of pyridine rings is 3. The van der Waals surface area contributed by atoms with Crippen molar-refractivity contribution in [1.29, 1.82) is 0 Å². The highest BCUT2D eigenvalue weighted by Crippen LogP contribution is 2.29. The van der Waals surface area contributed by atoms with E-state index in [4.69, 9.17) is 0 Å². The van der Waals surface area contributed by atoms with Gasteiger partial charge in [-0.25, -0.2) is 0 Å². The van der Waals surface area contributed by atoms with Gasteiger partial charge in [-0.05, 0) is 57.4 Å². The Morgan fingerprint density at radius 1 is 1.05 bits per heavy atom. The van der Waals surface area contributed by atoms with Crippen LogP contribution in [0, 0.1) is 0 Å². The number of rotatable bonds is 6. The summed E-state index contributed by atoms with van der Waals surface area (Å²) < 4.78 is 0. The second-order valence-electron chi connectivity index (χ2n) is 9.65. The number of likely N-dealkylation sites (N-methyl/N-ethyl adjacent to an activating group) is 1. The van der Waals surface area contributed by atoms with E-state index in [2.05, 4.69) is 46.8 Å². The molecule has 0 bridgehead atoms. The third-order valence-electron chi connectivity index (χ3n) is 6.44. The average Bonchev–Trinajstić information content (AvgIpc) is 3.51. The van der Waals surface area contributed by atoms with Crippen LogP contribution < -0.4 is 21.2 Å². The van der Waals surface area contributed by atoms with Gasteiger partial charge in [0.1, 0.15) is 5.69 Å². The number of carbonyl (C=O) groups excluding carboxylic acids is 1. The lowest BCUT2D eigenvalue weighted by Gasteiger charge is -2.13. The molecule has 10 heteroatoms. The Balaban J connectivity index is 1.35. The Hall–Kier alpha value is -5.09. The van der Waals surface area contributed by atoms with E-state index in [1.165, 1.54) is 0 Å². The first-order valence-electron chi connectivity index (χ1n) is 12.5. The summed E-state index contributed by atoms with van der Waals surface area (Å²) in [5.74, 6) is -0.0958. The topological polar surface area (TPSA) is 128 Å². The minimum atomic E-state index is -0.0958. The number of aromatic amines is 2. The minimum Gasteiger partial charge on any atom is -0.358 e. The Morgan fingerprint density at radius 3 is 2.74 bits per heavy atom. The number of H-pyrrole nitrogens is 2. The van der Waals surface area contributed by atoms with Crippen LogP contribution in [0.2, 0.25) is 0 Å². The highest BCUT2D eigenvalue weighted by atomic mass is 16.2. The molecule has 0 radical (unpaired) electrons. The van der Waals surface area contributed by atoms with E-state index in [9.17, 15) is 4.79 Å². The predicted molar refractivity (Wildman–Crippen MR) is 152 cm³/mol. The molecular formula is C29H27N9O. The molecular weight excluding hydrogens is 490 g/mol. The summed E-state index contributed by atoms with van der Waals surface area (Å²) in [6.45, 7) is 2.31. The van der Waals surface area contributed by atoms with Gasteiger partial charge >= 0.3 is 0 Å². The molecule has 5 aromatic heterocycles. The fourth-order valence-electron chi connectivity index (χ4n) is 4.74. The fraction of sp³-hybridized carbons (Fsp3) is 0.138. The Bertz CT molecular complexity index is 1850. The number of allylic oxidation sites excluding steroid dienone is 1. The molecule has 0 fully saturated rings. The average molecular weight is 518 g/mol. The fourth-order valence-corrected chi connectivity index (χ4v) is 4.74. The van der Waals surface area contributed by atoms with Gasteiger partial charge in [-0.1, -0.05) is 6.07 Å². The molecule has 0 aromatic carbocycles. The van der Waals surface area contributed by atoms with E-state index in [1.807, 2.05) is 74.7 Å². The number of amides is 1. The SMILES string of the molecule is CC1=c2c(-c3cc4c(-c5ccccn5)cncc4[nH]3)n[nH]c2=CC=C(c2cncc(NC(=O)CN(C)C)c2)N1. The van der Waals surface area contributed by atoms with Gasteiger partial charge < -0.3 is 20.5 Å². The smallest absolute Gasteiger partial charge is 0.238 e. The van der Waals surface area contributed by atoms with Gasteiger partial charge in [-0.15, -0.1) is 0 Å². The van der Waals surface area contributed by atoms with Gasteiger partial charge in [0, 0.05) is 51.7 Å². The first kappa shape index (κ1) is 24.3. The molecule has 0 saturated carbocycles. The van der Waals surface area contributed by atoms with Crippen molar-refractivity contribution in [3.63, 3.8) is 0 Å². The summed E-state index contributed by atoms with van der Waals surface area (Å²) >= 11 is 0. The number of hydrogen-bond acceptors (Lipinski definition) is 7. The van der Waals surface area contributed by atoms with E-state index in [1.54, 1.807) is 18.6 Å². The third kappa shape index (κ3) is 4.80. The molecule has 1 amide bonds. The molecule has 10 nitrogen and oxygen atoms in total. The number of aromatic nitrogens is 6. The van der Waals surface area contributed by atoms with Gasteiger partial charge in [0.25, 0.3) is 0 Å². The largest absolute Gasteiger partial charge is 0.358 e. The first-order chi connectivity index (χ1) is 19.0. The number of nitrogens with zero attached hydrogens (tertiary/aromatic N) is 5. The lowest BCUT2D eigenvalue weighted by Crippen LogP contribution is -2.28. The Morgan fingerprint density at radius 2 is 1.92 bits per heavy atom. The van der Waals surface area contributed by atoms with Crippen molar-refractivity contribution in [2.24, 2.45) is 0 Å². The summed E-state index contributed by atoms with van der Waals surface area (Å²) in [7, 11) is 3.71. The first-order valence-corrected chi connectivity index (χ1v) is 12.5. The van der Waals surface area contributed by atoms with Gasteiger partial charge in [0.15, 0.2) is 0 Å². The molecule has 5 aromatic rings. The Labute approximate surface area is 224 Å². The van der Waals surface area contributed by atoms with Crippen LogP contribution in [0.3, 0.4) is 0 Å². The number of anilines is 1. The molecule has 0 aliphatic carbocycles. The van der Waals surface area contributed by atoms with Crippen LogP contribution in [0.25, 0.3) is 51.0 Å². The molecule has 0 unspecified atom stereocenters. The van der Waals surface area contributed by atoms with Crippen LogP contribution in [0.1, 0.15) is 12.5 Å². The highest BCUT2D eigenvalue weighted by molar-refractivity contribution is 5.96. The zero-order valence-electron chi connectivity index (χ0n) is 21.8. The molecule has 0 spiro atoms. The molecule has 1 aliphatic rings. The van der Waals surface area contributed by atoms with E-state index < -0.39 is 0 Å². The van der Waals surface area contributed by atoms with E-state index in [0.29, 0.717) is 12.2 Å². The molecule has 0 saturated heterocycles. The van der Waals surface area contributed by atoms with Crippen molar-refractivity contribution < 1.29 is 4.79 Å². The number of carbonyl (C=O) groups is 1. The normalized spacial score (nSPS) is 12.9. The second-order valence-corrected chi connectivity index (χ2v) is 9.65. The van der Waals surface area contributed by atoms with Crippen molar-refractivity contribution in [3.05, 3.63) is 83.5 Å².